The Morgan fingerprint density at radius 1 is 1.41 bits per heavy atom. The SMILES string of the molecule is CNC(C)CCCN1CCCC(C(F)(F)F)C1. The van der Waals surface area contributed by atoms with Crippen LogP contribution in [0, 0.1) is 5.92 Å². The summed E-state index contributed by atoms with van der Waals surface area (Å²) in [6.45, 7) is 3.89. The Morgan fingerprint density at radius 3 is 2.71 bits per heavy atom. The minimum Gasteiger partial charge on any atom is -0.317 e. The fourth-order valence-corrected chi connectivity index (χ4v) is 2.29. The van der Waals surface area contributed by atoms with E-state index in [0.29, 0.717) is 18.9 Å². The monoisotopic (exact) mass is 252 g/mol. The van der Waals surface area contributed by atoms with Gasteiger partial charge >= 0.3 is 6.18 Å². The van der Waals surface area contributed by atoms with Crippen molar-refractivity contribution in [3.63, 3.8) is 0 Å². The van der Waals surface area contributed by atoms with E-state index in [-0.39, 0.29) is 6.54 Å². The lowest BCUT2D eigenvalue weighted by atomic mass is 9.97. The van der Waals surface area contributed by atoms with Crippen molar-refractivity contribution in [1.29, 1.82) is 0 Å². The lowest BCUT2D eigenvalue weighted by molar-refractivity contribution is -0.186. The van der Waals surface area contributed by atoms with Gasteiger partial charge in [-0.25, -0.2) is 0 Å². The summed E-state index contributed by atoms with van der Waals surface area (Å²) in [5.41, 5.74) is 0. The first kappa shape index (κ1) is 14.8. The molecule has 1 heterocycles. The van der Waals surface area contributed by atoms with E-state index in [4.69, 9.17) is 0 Å². The molecule has 0 aliphatic carbocycles. The predicted octanol–water partition coefficient (Wildman–Crippen LogP) is 2.65. The molecule has 0 aromatic rings. The average molecular weight is 252 g/mol. The Labute approximate surface area is 102 Å². The first-order valence-electron chi connectivity index (χ1n) is 6.40. The molecule has 102 valence electrons. The molecule has 0 bridgehead atoms. The molecule has 1 aliphatic heterocycles. The van der Waals surface area contributed by atoms with Gasteiger partial charge in [0.25, 0.3) is 0 Å². The molecule has 1 rings (SSSR count). The number of alkyl halides is 3. The highest BCUT2D eigenvalue weighted by molar-refractivity contribution is 4.78. The van der Waals surface area contributed by atoms with Gasteiger partial charge in [-0.3, -0.25) is 0 Å². The number of halogens is 3. The van der Waals surface area contributed by atoms with E-state index >= 15 is 0 Å². The molecule has 0 aromatic heterocycles. The summed E-state index contributed by atoms with van der Waals surface area (Å²) in [5, 5.41) is 3.14. The zero-order valence-corrected chi connectivity index (χ0v) is 10.7. The first-order valence-corrected chi connectivity index (χ1v) is 6.40. The van der Waals surface area contributed by atoms with Gasteiger partial charge in [0.2, 0.25) is 0 Å². The molecule has 1 fully saturated rings. The molecule has 0 saturated carbocycles. The van der Waals surface area contributed by atoms with Crippen molar-refractivity contribution in [2.24, 2.45) is 5.92 Å². The van der Waals surface area contributed by atoms with Crippen LogP contribution >= 0.6 is 0 Å². The van der Waals surface area contributed by atoms with Crippen LogP contribution in [0.1, 0.15) is 32.6 Å². The van der Waals surface area contributed by atoms with Crippen LogP contribution < -0.4 is 5.32 Å². The number of likely N-dealkylation sites (tertiary alicyclic amines) is 1. The van der Waals surface area contributed by atoms with Crippen LogP contribution in [0.25, 0.3) is 0 Å². The summed E-state index contributed by atoms with van der Waals surface area (Å²) < 4.78 is 37.7. The van der Waals surface area contributed by atoms with Gasteiger partial charge in [0.05, 0.1) is 5.92 Å². The number of hydrogen-bond acceptors (Lipinski definition) is 2. The molecule has 17 heavy (non-hydrogen) atoms. The molecule has 1 saturated heterocycles. The second kappa shape index (κ2) is 6.59. The van der Waals surface area contributed by atoms with Crippen LogP contribution in [0.2, 0.25) is 0 Å². The first-order chi connectivity index (χ1) is 7.93. The normalized spacial score (nSPS) is 24.9. The van der Waals surface area contributed by atoms with Crippen molar-refractivity contribution in [1.82, 2.24) is 10.2 Å². The van der Waals surface area contributed by atoms with E-state index in [9.17, 15) is 13.2 Å². The molecule has 2 unspecified atom stereocenters. The van der Waals surface area contributed by atoms with Crippen molar-refractivity contribution < 1.29 is 13.2 Å². The number of hydrogen-bond donors (Lipinski definition) is 1. The van der Waals surface area contributed by atoms with Crippen molar-refractivity contribution in [3.8, 4) is 0 Å². The third-order valence-corrected chi connectivity index (χ3v) is 3.57. The molecular weight excluding hydrogens is 229 g/mol. The predicted molar refractivity (Wildman–Crippen MR) is 63.0 cm³/mol. The summed E-state index contributed by atoms with van der Waals surface area (Å²) in [6, 6.07) is 0.443. The van der Waals surface area contributed by atoms with Crippen molar-refractivity contribution in [2.45, 2.75) is 44.8 Å². The Balaban J connectivity index is 2.25. The average Bonchev–Trinajstić information content (AvgIpc) is 2.28. The number of rotatable bonds is 5. The standard InChI is InChI=1S/C12H23F3N2/c1-10(16-2)5-3-7-17-8-4-6-11(9-17)12(13,14)15/h10-11,16H,3-9H2,1-2H3. The summed E-state index contributed by atoms with van der Waals surface area (Å²) in [7, 11) is 1.91. The fourth-order valence-electron chi connectivity index (χ4n) is 2.29. The van der Waals surface area contributed by atoms with E-state index in [0.717, 1.165) is 25.9 Å². The summed E-state index contributed by atoms with van der Waals surface area (Å²) >= 11 is 0. The van der Waals surface area contributed by atoms with E-state index in [2.05, 4.69) is 12.2 Å². The van der Waals surface area contributed by atoms with Gasteiger partial charge in [-0.1, -0.05) is 0 Å². The van der Waals surface area contributed by atoms with Crippen LogP contribution in [-0.2, 0) is 0 Å². The highest BCUT2D eigenvalue weighted by Crippen LogP contribution is 2.33. The molecule has 2 nitrogen and oxygen atoms in total. The molecule has 0 aromatic carbocycles. The lowest BCUT2D eigenvalue weighted by Gasteiger charge is -2.33. The number of nitrogens with zero attached hydrogens (tertiary/aromatic N) is 1. The minimum absolute atomic E-state index is 0.192. The van der Waals surface area contributed by atoms with Crippen LogP contribution in [0.4, 0.5) is 13.2 Å². The van der Waals surface area contributed by atoms with Crippen LogP contribution in [0.15, 0.2) is 0 Å². The summed E-state index contributed by atoms with van der Waals surface area (Å²) in [5.74, 6) is -1.11. The molecule has 0 radical (unpaired) electrons. The smallest absolute Gasteiger partial charge is 0.317 e. The second-order valence-electron chi connectivity index (χ2n) is 5.01. The lowest BCUT2D eigenvalue weighted by Crippen LogP contribution is -2.42. The van der Waals surface area contributed by atoms with Gasteiger partial charge in [0.1, 0.15) is 0 Å². The summed E-state index contributed by atoms with van der Waals surface area (Å²) in [4.78, 5) is 1.96. The van der Waals surface area contributed by atoms with E-state index in [1.807, 2.05) is 11.9 Å². The van der Waals surface area contributed by atoms with Crippen molar-refractivity contribution >= 4 is 0 Å². The third kappa shape index (κ3) is 5.25. The van der Waals surface area contributed by atoms with Gasteiger partial charge in [0.15, 0.2) is 0 Å². The van der Waals surface area contributed by atoms with Crippen LogP contribution in [0.3, 0.4) is 0 Å². The Bertz CT molecular complexity index is 218. The van der Waals surface area contributed by atoms with Gasteiger partial charge < -0.3 is 10.2 Å². The Morgan fingerprint density at radius 2 is 2.12 bits per heavy atom. The molecule has 2 atom stereocenters. The van der Waals surface area contributed by atoms with E-state index in [1.165, 1.54) is 0 Å². The maximum Gasteiger partial charge on any atom is 0.393 e. The van der Waals surface area contributed by atoms with Crippen LogP contribution in [-0.4, -0.2) is 43.8 Å². The zero-order chi connectivity index (χ0) is 12.9. The van der Waals surface area contributed by atoms with Gasteiger partial charge in [-0.15, -0.1) is 0 Å². The van der Waals surface area contributed by atoms with E-state index < -0.39 is 12.1 Å². The van der Waals surface area contributed by atoms with Crippen LogP contribution in [0.5, 0.6) is 0 Å². The molecule has 5 heteroatoms. The van der Waals surface area contributed by atoms with Crippen molar-refractivity contribution in [3.05, 3.63) is 0 Å². The number of piperidine rings is 1. The van der Waals surface area contributed by atoms with Gasteiger partial charge in [-0.05, 0) is 52.7 Å². The van der Waals surface area contributed by atoms with E-state index in [1.54, 1.807) is 0 Å². The van der Waals surface area contributed by atoms with Crippen molar-refractivity contribution in [2.75, 3.05) is 26.7 Å². The maximum absolute atomic E-state index is 12.6. The highest BCUT2D eigenvalue weighted by Gasteiger charge is 2.41. The largest absolute Gasteiger partial charge is 0.393 e. The minimum atomic E-state index is -4.02. The summed E-state index contributed by atoms with van der Waals surface area (Å²) in [6.07, 6.45) is -1.06. The molecule has 0 spiro atoms. The second-order valence-corrected chi connectivity index (χ2v) is 5.01. The zero-order valence-electron chi connectivity index (χ0n) is 10.7. The number of nitrogens with one attached hydrogen (secondary N) is 1. The Hall–Kier alpha value is -0.290. The topological polar surface area (TPSA) is 15.3 Å². The fraction of sp³-hybridized carbons (Fsp3) is 1.00. The maximum atomic E-state index is 12.6. The van der Waals surface area contributed by atoms with Gasteiger partial charge in [0, 0.05) is 12.6 Å². The molecule has 0 amide bonds. The Kier molecular flexibility index (Phi) is 5.73. The molecule has 1 aliphatic rings. The highest BCUT2D eigenvalue weighted by atomic mass is 19.4. The molecular formula is C12H23F3N2. The molecule has 1 N–H and O–H groups in total. The third-order valence-electron chi connectivity index (χ3n) is 3.57. The quantitative estimate of drug-likeness (QED) is 0.809. The van der Waals surface area contributed by atoms with Gasteiger partial charge in [-0.2, -0.15) is 13.2 Å².